The summed E-state index contributed by atoms with van der Waals surface area (Å²) in [6.07, 6.45) is 15.4. The summed E-state index contributed by atoms with van der Waals surface area (Å²) < 4.78 is 0. The Morgan fingerprint density at radius 1 is 0.870 bits per heavy atom. The minimum Gasteiger partial charge on any atom is -0.300 e. The van der Waals surface area contributed by atoms with Crippen molar-refractivity contribution in [3.05, 3.63) is 0 Å². The van der Waals surface area contributed by atoms with Gasteiger partial charge in [0.15, 0.2) is 0 Å². The average Bonchev–Trinajstić information content (AvgIpc) is 2.83. The zero-order chi connectivity index (χ0) is 16.2. The van der Waals surface area contributed by atoms with Crippen LogP contribution in [0.3, 0.4) is 0 Å². The molecule has 4 aliphatic rings. The Morgan fingerprint density at radius 2 is 1.65 bits per heavy atom. The van der Waals surface area contributed by atoms with Crippen LogP contribution in [0.2, 0.25) is 0 Å². The molecule has 23 heavy (non-hydrogen) atoms. The highest BCUT2D eigenvalue weighted by atomic mass is 16.1. The standard InChI is InChI=1S/C22H36O/c1-15(23)14-17-8-10-19-18-9-7-16-6-4-5-12-21(16,2)20(18)11-13-22(17,19)3/h16-20H,4-14H2,1-3H3/t16?,17?,18-,19-,20-,21-,22+/m0/s1. The first-order valence-corrected chi connectivity index (χ1v) is 10.4. The van der Waals surface area contributed by atoms with Crippen molar-refractivity contribution in [1.82, 2.24) is 0 Å². The summed E-state index contributed by atoms with van der Waals surface area (Å²) in [6.45, 7) is 7.03. The van der Waals surface area contributed by atoms with Gasteiger partial charge >= 0.3 is 0 Å². The number of Topliss-reactive ketones (excluding diaryl/α,β-unsaturated/α-hetero) is 1. The summed E-state index contributed by atoms with van der Waals surface area (Å²) in [7, 11) is 0. The molecule has 4 aliphatic carbocycles. The van der Waals surface area contributed by atoms with Gasteiger partial charge in [-0.05, 0) is 98.7 Å². The van der Waals surface area contributed by atoms with E-state index in [4.69, 9.17) is 0 Å². The molecule has 0 bridgehead atoms. The van der Waals surface area contributed by atoms with Crippen molar-refractivity contribution in [3.8, 4) is 0 Å². The maximum absolute atomic E-state index is 11.7. The first-order chi connectivity index (χ1) is 10.9. The van der Waals surface area contributed by atoms with Gasteiger partial charge in [-0.15, -0.1) is 0 Å². The molecule has 4 fully saturated rings. The fraction of sp³-hybridized carbons (Fsp3) is 0.955. The molecular formula is C22H36O. The predicted octanol–water partition coefficient (Wildman–Crippen LogP) is 6.01. The Bertz CT molecular complexity index is 482. The van der Waals surface area contributed by atoms with E-state index in [0.717, 1.165) is 30.1 Å². The van der Waals surface area contributed by atoms with Gasteiger partial charge in [0.2, 0.25) is 0 Å². The third-order valence-electron chi connectivity index (χ3n) is 9.31. The zero-order valence-corrected chi connectivity index (χ0v) is 15.6. The van der Waals surface area contributed by atoms with Gasteiger partial charge < -0.3 is 4.79 Å². The van der Waals surface area contributed by atoms with Crippen LogP contribution >= 0.6 is 0 Å². The van der Waals surface area contributed by atoms with Crippen LogP contribution in [0, 0.1) is 40.4 Å². The third kappa shape index (κ3) is 2.35. The minimum absolute atomic E-state index is 0.418. The first kappa shape index (κ1) is 16.2. The molecule has 0 saturated heterocycles. The van der Waals surface area contributed by atoms with Crippen molar-refractivity contribution < 1.29 is 4.79 Å². The number of hydrogen-bond acceptors (Lipinski definition) is 1. The number of ketones is 1. The molecule has 0 spiro atoms. The van der Waals surface area contributed by atoms with Gasteiger partial charge in [-0.3, -0.25) is 0 Å². The van der Waals surface area contributed by atoms with E-state index < -0.39 is 0 Å². The fourth-order valence-electron chi connectivity index (χ4n) is 8.09. The molecule has 4 rings (SSSR count). The topological polar surface area (TPSA) is 17.1 Å². The minimum atomic E-state index is 0.418. The predicted molar refractivity (Wildman–Crippen MR) is 95.1 cm³/mol. The quantitative estimate of drug-likeness (QED) is 0.609. The average molecular weight is 317 g/mol. The van der Waals surface area contributed by atoms with Crippen molar-refractivity contribution in [1.29, 1.82) is 0 Å². The molecule has 7 atom stereocenters. The van der Waals surface area contributed by atoms with Crippen LogP contribution in [0.4, 0.5) is 0 Å². The van der Waals surface area contributed by atoms with Crippen molar-refractivity contribution in [2.24, 2.45) is 40.4 Å². The van der Waals surface area contributed by atoms with Crippen LogP contribution in [0.5, 0.6) is 0 Å². The van der Waals surface area contributed by atoms with Gasteiger partial charge in [0.1, 0.15) is 5.78 Å². The largest absolute Gasteiger partial charge is 0.300 e. The van der Waals surface area contributed by atoms with E-state index in [2.05, 4.69) is 13.8 Å². The van der Waals surface area contributed by atoms with Crippen LogP contribution in [-0.2, 0) is 4.79 Å². The zero-order valence-electron chi connectivity index (χ0n) is 15.6. The molecule has 130 valence electrons. The Balaban J connectivity index is 1.59. The van der Waals surface area contributed by atoms with Gasteiger partial charge in [0.25, 0.3) is 0 Å². The summed E-state index contributed by atoms with van der Waals surface area (Å²) in [5.74, 6) is 5.02. The van der Waals surface area contributed by atoms with Gasteiger partial charge in [0, 0.05) is 6.42 Å². The van der Waals surface area contributed by atoms with E-state index in [9.17, 15) is 4.79 Å². The molecule has 0 aromatic heterocycles. The first-order valence-electron chi connectivity index (χ1n) is 10.4. The maximum atomic E-state index is 11.7. The van der Waals surface area contributed by atoms with Gasteiger partial charge in [0.05, 0.1) is 0 Å². The van der Waals surface area contributed by atoms with Crippen molar-refractivity contribution in [2.45, 2.75) is 91.4 Å². The van der Waals surface area contributed by atoms with Crippen molar-refractivity contribution in [2.75, 3.05) is 0 Å². The lowest BCUT2D eigenvalue weighted by atomic mass is 9.45. The lowest BCUT2D eigenvalue weighted by molar-refractivity contribution is -0.123. The monoisotopic (exact) mass is 316 g/mol. The van der Waals surface area contributed by atoms with Crippen LogP contribution in [0.25, 0.3) is 0 Å². The van der Waals surface area contributed by atoms with Crippen molar-refractivity contribution in [3.63, 3.8) is 0 Å². The van der Waals surface area contributed by atoms with E-state index in [0.29, 0.717) is 22.5 Å². The second kappa shape index (κ2) is 5.60. The Hall–Kier alpha value is -0.330. The second-order valence-corrected chi connectivity index (χ2v) is 10.1. The van der Waals surface area contributed by atoms with E-state index in [1.165, 1.54) is 64.2 Å². The summed E-state index contributed by atoms with van der Waals surface area (Å²) in [4.78, 5) is 11.7. The number of carbonyl (C=O) groups excluding carboxylic acids is 1. The molecule has 0 aromatic carbocycles. The van der Waals surface area contributed by atoms with Crippen LogP contribution in [-0.4, -0.2) is 5.78 Å². The highest BCUT2D eigenvalue weighted by molar-refractivity contribution is 5.75. The molecule has 0 aliphatic heterocycles. The van der Waals surface area contributed by atoms with Crippen LogP contribution in [0.1, 0.15) is 91.4 Å². The number of fused-ring (bicyclic) bond motifs is 5. The smallest absolute Gasteiger partial charge is 0.130 e. The second-order valence-electron chi connectivity index (χ2n) is 10.1. The fourth-order valence-corrected chi connectivity index (χ4v) is 8.09. The third-order valence-corrected chi connectivity index (χ3v) is 9.31. The van der Waals surface area contributed by atoms with E-state index >= 15 is 0 Å². The molecule has 0 aromatic rings. The number of carbonyl (C=O) groups is 1. The molecule has 0 radical (unpaired) electrons. The van der Waals surface area contributed by atoms with Crippen LogP contribution < -0.4 is 0 Å². The Labute approximate surface area is 143 Å². The lowest BCUT2D eigenvalue weighted by Crippen LogP contribution is -2.52. The van der Waals surface area contributed by atoms with Gasteiger partial charge in [-0.2, -0.15) is 0 Å². The van der Waals surface area contributed by atoms with Crippen molar-refractivity contribution >= 4 is 5.78 Å². The number of hydrogen-bond donors (Lipinski definition) is 0. The highest BCUT2D eigenvalue weighted by Gasteiger charge is 2.59. The van der Waals surface area contributed by atoms with Gasteiger partial charge in [-0.1, -0.05) is 26.7 Å². The molecule has 1 nitrogen and oxygen atoms in total. The molecule has 1 heteroatoms. The normalized spacial score (nSPS) is 52.4. The van der Waals surface area contributed by atoms with E-state index in [1.807, 2.05) is 0 Å². The molecule has 2 unspecified atom stereocenters. The molecule has 0 heterocycles. The number of rotatable bonds is 2. The highest BCUT2D eigenvalue weighted by Crippen LogP contribution is 2.67. The summed E-state index contributed by atoms with van der Waals surface area (Å²) in [5.41, 5.74) is 1.13. The SMILES string of the molecule is CC(=O)CC1CC[C@H]2[C@@H]3CCC4CCCC[C@]4(C)[C@H]3CC[C@]12C. The summed E-state index contributed by atoms with van der Waals surface area (Å²) >= 11 is 0. The Morgan fingerprint density at radius 3 is 2.43 bits per heavy atom. The van der Waals surface area contributed by atoms with Crippen LogP contribution in [0.15, 0.2) is 0 Å². The molecular weight excluding hydrogens is 280 g/mol. The van der Waals surface area contributed by atoms with E-state index in [1.54, 1.807) is 6.92 Å². The maximum Gasteiger partial charge on any atom is 0.130 e. The van der Waals surface area contributed by atoms with E-state index in [-0.39, 0.29) is 0 Å². The molecule has 4 saturated carbocycles. The summed E-state index contributed by atoms with van der Waals surface area (Å²) in [6, 6.07) is 0. The lowest BCUT2D eigenvalue weighted by Gasteiger charge is -2.60. The van der Waals surface area contributed by atoms with Gasteiger partial charge in [-0.25, -0.2) is 0 Å². The summed E-state index contributed by atoms with van der Waals surface area (Å²) in [5, 5.41) is 0. The Kier molecular flexibility index (Phi) is 3.93. The molecule has 0 amide bonds. The molecule has 0 N–H and O–H groups in total.